The zero-order valence-electron chi connectivity index (χ0n) is 20.0. The van der Waals surface area contributed by atoms with Crippen LogP contribution in [0.2, 0.25) is 0 Å². The van der Waals surface area contributed by atoms with E-state index in [1.165, 1.54) is 37.6 Å². The fourth-order valence-corrected chi connectivity index (χ4v) is 5.63. The van der Waals surface area contributed by atoms with E-state index in [4.69, 9.17) is 4.74 Å². The van der Waals surface area contributed by atoms with Crippen LogP contribution in [0.4, 0.5) is 13.2 Å². The lowest BCUT2D eigenvalue weighted by Crippen LogP contribution is -2.43. The van der Waals surface area contributed by atoms with Crippen LogP contribution in [0.5, 0.6) is 5.75 Å². The number of rotatable bonds is 7. The first-order valence-electron chi connectivity index (χ1n) is 11.2. The van der Waals surface area contributed by atoms with Crippen LogP contribution in [-0.4, -0.2) is 22.8 Å². The van der Waals surface area contributed by atoms with Gasteiger partial charge in [-0.05, 0) is 54.0 Å². The van der Waals surface area contributed by atoms with Gasteiger partial charge in [0.25, 0.3) is 0 Å². The lowest BCUT2D eigenvalue weighted by molar-refractivity contribution is -0.229. The predicted molar refractivity (Wildman–Crippen MR) is 134 cm³/mol. The number of ether oxygens (including phenoxy) is 1. The van der Waals surface area contributed by atoms with E-state index in [1.54, 1.807) is 34.5 Å². The summed E-state index contributed by atoms with van der Waals surface area (Å²) in [5.41, 5.74) is -0.201. The minimum Gasteiger partial charge on any atom is -0.496 e. The van der Waals surface area contributed by atoms with Crippen molar-refractivity contribution in [3.8, 4) is 16.9 Å². The van der Waals surface area contributed by atoms with E-state index in [9.17, 15) is 18.0 Å². The number of aromatic nitrogens is 2. The molecule has 1 atom stereocenters. The summed E-state index contributed by atoms with van der Waals surface area (Å²) in [5.74, 6) is 0.538. The molecule has 4 nitrogen and oxygen atoms in total. The van der Waals surface area contributed by atoms with E-state index >= 15 is 0 Å². The molecule has 0 aliphatic heterocycles. The number of pyridine rings is 2. The first kappa shape index (κ1) is 25.0. The Hall–Kier alpha value is -3.13. The van der Waals surface area contributed by atoms with Gasteiger partial charge in [0.2, 0.25) is 0 Å². The predicted octanol–water partition coefficient (Wildman–Crippen LogP) is 7.07. The number of nitrogens with zero attached hydrogens (tertiary/aromatic N) is 2. The van der Waals surface area contributed by atoms with E-state index in [0.29, 0.717) is 21.5 Å². The quantitative estimate of drug-likeness (QED) is 0.273. The molecule has 0 bridgehead atoms. The number of methoxy groups -OCH3 is 1. The molecule has 1 aromatic carbocycles. The van der Waals surface area contributed by atoms with Gasteiger partial charge in [-0.1, -0.05) is 26.0 Å². The summed E-state index contributed by atoms with van der Waals surface area (Å²) in [7, 11) is 1.52. The van der Waals surface area contributed by atoms with Crippen molar-refractivity contribution >= 4 is 21.6 Å². The second kappa shape index (κ2) is 9.15. The molecule has 1 unspecified atom stereocenters. The van der Waals surface area contributed by atoms with Crippen LogP contribution in [0.1, 0.15) is 32.8 Å². The van der Waals surface area contributed by atoms with Crippen LogP contribution in [0.25, 0.3) is 21.3 Å². The normalized spacial score (nSPS) is 14.1. The number of halogens is 3. The molecule has 0 aliphatic carbocycles. The van der Waals surface area contributed by atoms with Crippen LogP contribution in [0.3, 0.4) is 0 Å². The van der Waals surface area contributed by atoms with Gasteiger partial charge in [-0.2, -0.15) is 13.2 Å². The SMILES string of the molecule is COc1ccc(-c2cccnc2)cc1C(C)(C)CC(C)(Cn1ccc(=O)c2sccc21)C(F)(F)F. The second-order valence-electron chi connectivity index (χ2n) is 9.72. The van der Waals surface area contributed by atoms with Crippen molar-refractivity contribution in [1.82, 2.24) is 9.55 Å². The number of thiophene rings is 1. The zero-order chi connectivity index (χ0) is 25.4. The Morgan fingerprint density at radius 2 is 1.83 bits per heavy atom. The summed E-state index contributed by atoms with van der Waals surface area (Å²) in [4.78, 5) is 16.3. The highest BCUT2D eigenvalue weighted by molar-refractivity contribution is 7.17. The van der Waals surface area contributed by atoms with Crippen molar-refractivity contribution in [2.75, 3.05) is 7.11 Å². The van der Waals surface area contributed by atoms with E-state index in [2.05, 4.69) is 4.98 Å². The first-order chi connectivity index (χ1) is 16.4. The van der Waals surface area contributed by atoms with Gasteiger partial charge in [-0.25, -0.2) is 0 Å². The molecule has 0 saturated heterocycles. The summed E-state index contributed by atoms with van der Waals surface area (Å²) in [6.07, 6.45) is 0.186. The molecule has 8 heteroatoms. The molecule has 3 aromatic heterocycles. The molecular formula is C27H27F3N2O2S. The molecule has 4 rings (SSSR count). The van der Waals surface area contributed by atoms with Gasteiger partial charge in [0, 0.05) is 42.3 Å². The number of alkyl halides is 3. The Kier molecular flexibility index (Phi) is 6.53. The van der Waals surface area contributed by atoms with E-state index in [0.717, 1.165) is 11.1 Å². The van der Waals surface area contributed by atoms with Crippen LogP contribution in [-0.2, 0) is 12.0 Å². The number of hydrogen-bond acceptors (Lipinski definition) is 4. The van der Waals surface area contributed by atoms with Crippen molar-refractivity contribution in [3.63, 3.8) is 0 Å². The van der Waals surface area contributed by atoms with Gasteiger partial charge in [-0.3, -0.25) is 9.78 Å². The van der Waals surface area contributed by atoms with Crippen molar-refractivity contribution in [2.24, 2.45) is 5.41 Å². The maximum Gasteiger partial charge on any atom is 0.395 e. The molecular weight excluding hydrogens is 473 g/mol. The van der Waals surface area contributed by atoms with Crippen molar-refractivity contribution in [1.29, 1.82) is 0 Å². The summed E-state index contributed by atoms with van der Waals surface area (Å²) in [6.45, 7) is 4.57. The van der Waals surface area contributed by atoms with Gasteiger partial charge in [0.1, 0.15) is 5.75 Å². The number of hydrogen-bond donors (Lipinski definition) is 0. The molecule has 0 amide bonds. The minimum absolute atomic E-state index is 0.183. The highest BCUT2D eigenvalue weighted by Gasteiger charge is 2.54. The van der Waals surface area contributed by atoms with E-state index < -0.39 is 17.0 Å². The molecule has 4 aromatic rings. The third-order valence-electron chi connectivity index (χ3n) is 6.54. The van der Waals surface area contributed by atoms with Gasteiger partial charge in [0.15, 0.2) is 5.43 Å². The largest absolute Gasteiger partial charge is 0.496 e. The average molecular weight is 501 g/mol. The topological polar surface area (TPSA) is 44.1 Å². The molecule has 0 spiro atoms. The molecule has 35 heavy (non-hydrogen) atoms. The molecule has 0 saturated carbocycles. The first-order valence-corrected chi connectivity index (χ1v) is 12.1. The van der Waals surface area contributed by atoms with Crippen LogP contribution >= 0.6 is 11.3 Å². The number of benzene rings is 1. The summed E-state index contributed by atoms with van der Waals surface area (Å²) < 4.78 is 51.5. The fourth-order valence-electron chi connectivity index (χ4n) is 4.81. The van der Waals surface area contributed by atoms with Crippen LogP contribution in [0.15, 0.2) is 71.2 Å². The van der Waals surface area contributed by atoms with E-state index in [-0.39, 0.29) is 18.4 Å². The molecule has 0 aliphatic rings. The standard InChI is InChI=1S/C27H27F3N2O2S/c1-25(2,20-14-18(7-8-23(20)34-4)19-6-5-11-31-15-19)16-26(3,27(28,29)30)17-32-12-9-22(33)24-21(32)10-13-35-24/h5-15H,16-17H2,1-4H3. The van der Waals surface area contributed by atoms with Gasteiger partial charge < -0.3 is 9.30 Å². The zero-order valence-corrected chi connectivity index (χ0v) is 20.8. The molecule has 0 N–H and O–H groups in total. The third-order valence-corrected chi connectivity index (χ3v) is 7.46. The van der Waals surface area contributed by atoms with Crippen molar-refractivity contribution in [2.45, 2.75) is 45.3 Å². The Morgan fingerprint density at radius 1 is 1.06 bits per heavy atom. The lowest BCUT2D eigenvalue weighted by atomic mass is 9.69. The molecule has 0 fully saturated rings. The second-order valence-corrected chi connectivity index (χ2v) is 10.6. The van der Waals surface area contributed by atoms with Crippen molar-refractivity contribution in [3.05, 3.63) is 82.2 Å². The Balaban J connectivity index is 1.76. The average Bonchev–Trinajstić information content (AvgIpc) is 3.31. The maximum absolute atomic E-state index is 14.7. The van der Waals surface area contributed by atoms with E-state index in [1.807, 2.05) is 38.1 Å². The van der Waals surface area contributed by atoms with Gasteiger partial charge >= 0.3 is 6.18 Å². The fraction of sp³-hybridized carbons (Fsp3) is 0.333. The van der Waals surface area contributed by atoms with Crippen molar-refractivity contribution < 1.29 is 17.9 Å². The third kappa shape index (κ3) is 4.85. The van der Waals surface area contributed by atoms with Gasteiger partial charge in [-0.15, -0.1) is 11.3 Å². The Labute approximate surface area is 206 Å². The summed E-state index contributed by atoms with van der Waals surface area (Å²) in [5, 5.41) is 1.73. The minimum atomic E-state index is -4.48. The summed E-state index contributed by atoms with van der Waals surface area (Å²) in [6, 6.07) is 12.3. The maximum atomic E-state index is 14.7. The van der Waals surface area contributed by atoms with Crippen LogP contribution < -0.4 is 10.2 Å². The van der Waals surface area contributed by atoms with Gasteiger partial charge in [0.05, 0.1) is 22.7 Å². The lowest BCUT2D eigenvalue weighted by Gasteiger charge is -2.40. The number of fused-ring (bicyclic) bond motifs is 1. The molecule has 184 valence electrons. The highest BCUT2D eigenvalue weighted by atomic mass is 32.1. The molecule has 0 radical (unpaired) electrons. The smallest absolute Gasteiger partial charge is 0.395 e. The summed E-state index contributed by atoms with van der Waals surface area (Å²) >= 11 is 1.24. The Bertz CT molecular complexity index is 1390. The Morgan fingerprint density at radius 3 is 2.49 bits per heavy atom. The van der Waals surface area contributed by atoms with Crippen LogP contribution in [0, 0.1) is 5.41 Å². The molecule has 3 heterocycles. The highest BCUT2D eigenvalue weighted by Crippen LogP contribution is 2.50. The monoisotopic (exact) mass is 500 g/mol.